The third kappa shape index (κ3) is 4.88. The largest absolute Gasteiger partial charge is 0.496 e. The van der Waals surface area contributed by atoms with E-state index in [1.54, 1.807) is 25.3 Å². The summed E-state index contributed by atoms with van der Waals surface area (Å²) in [5, 5.41) is 0. The van der Waals surface area contributed by atoms with Crippen LogP contribution in [-0.4, -0.2) is 40.2 Å². The Kier molecular flexibility index (Phi) is 7.25. The fourth-order valence-electron chi connectivity index (χ4n) is 3.65. The van der Waals surface area contributed by atoms with Crippen LogP contribution in [-0.2, 0) is 0 Å². The van der Waals surface area contributed by atoms with Gasteiger partial charge in [-0.3, -0.25) is 4.79 Å². The molecule has 0 unspecified atom stereocenters. The summed E-state index contributed by atoms with van der Waals surface area (Å²) in [5.41, 5.74) is 1.43. The highest BCUT2D eigenvalue weighted by molar-refractivity contribution is 6.12. The number of allylic oxidation sites excluding steroid dienone is 3. The molecule has 3 aromatic carbocycles. The van der Waals surface area contributed by atoms with Crippen molar-refractivity contribution in [1.29, 1.82) is 0 Å². The van der Waals surface area contributed by atoms with Crippen LogP contribution in [0.3, 0.4) is 0 Å². The maximum Gasteiger partial charge on any atom is 0.343 e. The van der Waals surface area contributed by atoms with Gasteiger partial charge in [-0.05, 0) is 36.4 Å². The summed E-state index contributed by atoms with van der Waals surface area (Å²) < 4.78 is 32.4. The summed E-state index contributed by atoms with van der Waals surface area (Å²) in [7, 11) is 5.98. The van der Waals surface area contributed by atoms with Crippen LogP contribution >= 0.6 is 0 Å². The average Bonchev–Trinajstić information content (AvgIpc) is 3.22. The zero-order valence-corrected chi connectivity index (χ0v) is 20.2. The summed E-state index contributed by atoms with van der Waals surface area (Å²) in [6, 6.07) is 15.1. The first-order valence-electron chi connectivity index (χ1n) is 10.9. The van der Waals surface area contributed by atoms with Crippen LogP contribution in [0.25, 0.3) is 6.08 Å². The van der Waals surface area contributed by atoms with E-state index >= 15 is 0 Å². The first-order chi connectivity index (χ1) is 17.5. The molecule has 36 heavy (non-hydrogen) atoms. The van der Waals surface area contributed by atoms with E-state index in [1.807, 2.05) is 30.3 Å². The molecule has 0 bridgehead atoms. The molecule has 0 N–H and O–H groups in total. The Morgan fingerprint density at radius 2 is 1.53 bits per heavy atom. The fourth-order valence-corrected chi connectivity index (χ4v) is 3.65. The molecule has 0 aliphatic carbocycles. The van der Waals surface area contributed by atoms with Crippen LogP contribution in [0.1, 0.15) is 26.3 Å². The minimum atomic E-state index is -0.644. The Bertz CT molecular complexity index is 1340. The molecular formula is C28H24O8. The maximum absolute atomic E-state index is 12.8. The summed E-state index contributed by atoms with van der Waals surface area (Å²) >= 11 is 0. The lowest BCUT2D eigenvalue weighted by Crippen LogP contribution is -2.09. The van der Waals surface area contributed by atoms with E-state index in [1.165, 1.54) is 45.6 Å². The first kappa shape index (κ1) is 24.4. The maximum atomic E-state index is 12.8. The normalized spacial score (nSPS) is 13.3. The quantitative estimate of drug-likeness (QED) is 0.245. The number of ketones is 1. The van der Waals surface area contributed by atoms with Crippen molar-refractivity contribution in [1.82, 2.24) is 0 Å². The summed E-state index contributed by atoms with van der Waals surface area (Å²) in [4.78, 5) is 25.5. The minimum absolute atomic E-state index is 0.157. The van der Waals surface area contributed by atoms with Gasteiger partial charge in [0.2, 0.25) is 11.5 Å². The number of esters is 1. The standard InChI is InChI=1S/C28H24O8/c1-31-21-10-6-5-8-17(21)9-7-11-22-26(29)20-13-12-19(16-23(20)36-22)35-28(30)18-14-24(32-2)27(34-4)25(15-18)33-3/h5-16H,1-4H3/b9-7+,22-11-. The number of hydrogen-bond donors (Lipinski definition) is 0. The van der Waals surface area contributed by atoms with Crippen molar-refractivity contribution >= 4 is 17.8 Å². The van der Waals surface area contributed by atoms with Crippen LogP contribution in [0.2, 0.25) is 0 Å². The Balaban J connectivity index is 1.51. The SMILES string of the molecule is COc1ccccc1/C=C/C=C1\Oc2cc(OC(=O)c3cc(OC)c(OC)c(OC)c3)ccc2C1=O. The van der Waals surface area contributed by atoms with Crippen molar-refractivity contribution in [2.45, 2.75) is 0 Å². The van der Waals surface area contributed by atoms with E-state index in [2.05, 4.69) is 0 Å². The van der Waals surface area contributed by atoms with Crippen molar-refractivity contribution in [3.8, 4) is 34.5 Å². The molecule has 0 saturated carbocycles. The zero-order chi connectivity index (χ0) is 25.7. The summed E-state index contributed by atoms with van der Waals surface area (Å²) in [6.07, 6.45) is 5.11. The van der Waals surface area contributed by atoms with Crippen molar-refractivity contribution in [2.75, 3.05) is 28.4 Å². The van der Waals surface area contributed by atoms with Gasteiger partial charge in [-0.2, -0.15) is 0 Å². The monoisotopic (exact) mass is 488 g/mol. The average molecular weight is 488 g/mol. The summed E-state index contributed by atoms with van der Waals surface area (Å²) in [5.74, 6) is 1.48. The molecule has 0 aromatic heterocycles. The highest BCUT2D eigenvalue weighted by Gasteiger charge is 2.28. The van der Waals surface area contributed by atoms with E-state index in [0.29, 0.717) is 34.3 Å². The van der Waals surface area contributed by atoms with Crippen molar-refractivity contribution in [3.05, 3.63) is 89.2 Å². The number of rotatable bonds is 8. The van der Waals surface area contributed by atoms with E-state index in [4.69, 9.17) is 28.4 Å². The zero-order valence-electron chi connectivity index (χ0n) is 20.2. The smallest absolute Gasteiger partial charge is 0.343 e. The number of carbonyl (C=O) groups is 2. The van der Waals surface area contributed by atoms with Crippen molar-refractivity contribution in [3.63, 3.8) is 0 Å². The van der Waals surface area contributed by atoms with Gasteiger partial charge in [0.1, 0.15) is 17.2 Å². The van der Waals surface area contributed by atoms with Gasteiger partial charge >= 0.3 is 5.97 Å². The first-order valence-corrected chi connectivity index (χ1v) is 10.9. The Labute approximate surface area is 208 Å². The molecule has 0 radical (unpaired) electrons. The molecule has 1 aliphatic rings. The highest BCUT2D eigenvalue weighted by Crippen LogP contribution is 2.39. The number of Topliss-reactive ketones (excluding diaryl/α,β-unsaturated/α-hetero) is 1. The second-order valence-corrected chi connectivity index (χ2v) is 7.52. The molecule has 8 nitrogen and oxygen atoms in total. The van der Waals surface area contributed by atoms with Crippen LogP contribution in [0.15, 0.2) is 72.5 Å². The second-order valence-electron chi connectivity index (χ2n) is 7.52. The molecule has 0 spiro atoms. The molecule has 8 heteroatoms. The van der Waals surface area contributed by atoms with Gasteiger partial charge in [0.25, 0.3) is 0 Å². The van der Waals surface area contributed by atoms with Gasteiger partial charge in [-0.1, -0.05) is 30.4 Å². The van der Waals surface area contributed by atoms with Gasteiger partial charge in [-0.15, -0.1) is 0 Å². The predicted molar refractivity (Wildman–Crippen MR) is 133 cm³/mol. The van der Waals surface area contributed by atoms with Crippen LogP contribution in [0.5, 0.6) is 34.5 Å². The molecule has 4 rings (SSSR count). The molecule has 3 aromatic rings. The van der Waals surface area contributed by atoms with Gasteiger partial charge in [0, 0.05) is 11.6 Å². The number of methoxy groups -OCH3 is 4. The van der Waals surface area contributed by atoms with Crippen LogP contribution < -0.4 is 28.4 Å². The van der Waals surface area contributed by atoms with Crippen molar-refractivity contribution < 1.29 is 38.0 Å². The lowest BCUT2D eigenvalue weighted by Gasteiger charge is -2.13. The summed E-state index contributed by atoms with van der Waals surface area (Å²) in [6.45, 7) is 0. The molecular weight excluding hydrogens is 464 g/mol. The second kappa shape index (κ2) is 10.7. The molecule has 0 fully saturated rings. The van der Waals surface area contributed by atoms with Crippen molar-refractivity contribution in [2.24, 2.45) is 0 Å². The number of fused-ring (bicyclic) bond motifs is 1. The van der Waals surface area contributed by atoms with Gasteiger partial charge < -0.3 is 28.4 Å². The Morgan fingerprint density at radius 1 is 0.833 bits per heavy atom. The minimum Gasteiger partial charge on any atom is -0.496 e. The van der Waals surface area contributed by atoms with E-state index < -0.39 is 5.97 Å². The van der Waals surface area contributed by atoms with Gasteiger partial charge in [-0.25, -0.2) is 4.79 Å². The molecule has 0 saturated heterocycles. The van der Waals surface area contributed by atoms with E-state index in [-0.39, 0.29) is 22.9 Å². The Morgan fingerprint density at radius 3 is 2.19 bits per heavy atom. The van der Waals surface area contributed by atoms with E-state index in [0.717, 1.165) is 5.56 Å². The number of benzene rings is 3. The van der Waals surface area contributed by atoms with Crippen LogP contribution in [0.4, 0.5) is 0 Å². The fraction of sp³-hybridized carbons (Fsp3) is 0.143. The number of ether oxygens (including phenoxy) is 6. The molecule has 184 valence electrons. The number of carbonyl (C=O) groups excluding carboxylic acids is 2. The van der Waals surface area contributed by atoms with Gasteiger partial charge in [0.15, 0.2) is 17.3 Å². The highest BCUT2D eigenvalue weighted by atomic mass is 16.5. The number of hydrogen-bond acceptors (Lipinski definition) is 8. The molecule has 0 atom stereocenters. The lowest BCUT2D eigenvalue weighted by molar-refractivity contribution is 0.0733. The Hall–Kier alpha value is -4.72. The number of para-hydroxylation sites is 1. The van der Waals surface area contributed by atoms with E-state index in [9.17, 15) is 9.59 Å². The van der Waals surface area contributed by atoms with Crippen LogP contribution in [0, 0.1) is 0 Å². The molecule has 0 amide bonds. The third-order valence-electron chi connectivity index (χ3n) is 5.41. The molecule has 1 heterocycles. The molecule has 1 aliphatic heterocycles. The van der Waals surface area contributed by atoms with Gasteiger partial charge in [0.05, 0.1) is 39.6 Å². The lowest BCUT2D eigenvalue weighted by atomic mass is 10.1. The topological polar surface area (TPSA) is 89.5 Å². The predicted octanol–water partition coefficient (Wildman–Crippen LogP) is 5.11. The third-order valence-corrected chi connectivity index (χ3v) is 5.41.